The summed E-state index contributed by atoms with van der Waals surface area (Å²) >= 11 is 13.9. The molecule has 0 aromatic carbocycles. The Kier molecular flexibility index (Phi) is 4.90. The molecule has 104 valence electrons. The van der Waals surface area contributed by atoms with E-state index in [1.165, 1.54) is 0 Å². The molecule has 0 saturated carbocycles. The van der Waals surface area contributed by atoms with Crippen molar-refractivity contribution in [2.75, 3.05) is 6.54 Å². The quantitative estimate of drug-likeness (QED) is 0.877. The molecule has 0 spiro atoms. The molecule has 1 unspecified atom stereocenters. The Morgan fingerprint density at radius 3 is 2.63 bits per heavy atom. The molecule has 3 nitrogen and oxygen atoms in total. The van der Waals surface area contributed by atoms with Crippen LogP contribution in [0.1, 0.15) is 43.4 Å². The second-order valence-corrected chi connectivity index (χ2v) is 6.70. The minimum absolute atomic E-state index is 0.0277. The van der Waals surface area contributed by atoms with Crippen LogP contribution in [0.4, 0.5) is 0 Å². The molecule has 0 radical (unpaired) electrons. The lowest BCUT2D eigenvalue weighted by atomic mass is 10.1. The highest BCUT2D eigenvalue weighted by atomic mass is 35.5. The van der Waals surface area contributed by atoms with Crippen LogP contribution in [0.2, 0.25) is 9.36 Å². The molecule has 2 aromatic heterocycles. The standard InChI is InChI=1S/C13H17Cl2N3S/c1-4-16-12(10-5-6-11(15)19-10)13-9(14)7-17-18(13)8(2)3/h5-8,12,16H,4H2,1-3H3. The minimum atomic E-state index is 0.0277. The van der Waals surface area contributed by atoms with E-state index < -0.39 is 0 Å². The first-order valence-corrected chi connectivity index (χ1v) is 7.83. The molecule has 0 aliphatic carbocycles. The first-order chi connectivity index (χ1) is 9.04. The van der Waals surface area contributed by atoms with E-state index in [2.05, 4.69) is 31.2 Å². The van der Waals surface area contributed by atoms with E-state index >= 15 is 0 Å². The van der Waals surface area contributed by atoms with Crippen molar-refractivity contribution in [3.05, 3.63) is 38.3 Å². The highest BCUT2D eigenvalue weighted by Crippen LogP contribution is 2.35. The van der Waals surface area contributed by atoms with Crippen molar-refractivity contribution < 1.29 is 0 Å². The first-order valence-electron chi connectivity index (χ1n) is 6.26. The Morgan fingerprint density at radius 1 is 1.37 bits per heavy atom. The minimum Gasteiger partial charge on any atom is -0.305 e. The van der Waals surface area contributed by atoms with Crippen LogP contribution >= 0.6 is 34.5 Å². The van der Waals surface area contributed by atoms with E-state index in [9.17, 15) is 0 Å². The van der Waals surface area contributed by atoms with Gasteiger partial charge in [-0.2, -0.15) is 5.10 Å². The lowest BCUT2D eigenvalue weighted by Crippen LogP contribution is -2.25. The number of rotatable bonds is 5. The Morgan fingerprint density at radius 2 is 2.11 bits per heavy atom. The predicted molar refractivity (Wildman–Crippen MR) is 82.5 cm³/mol. The van der Waals surface area contributed by atoms with Gasteiger partial charge in [-0.05, 0) is 32.5 Å². The molecular weight excluding hydrogens is 301 g/mol. The van der Waals surface area contributed by atoms with Gasteiger partial charge in [0.15, 0.2) is 0 Å². The monoisotopic (exact) mass is 317 g/mol. The van der Waals surface area contributed by atoms with Gasteiger partial charge in [0.2, 0.25) is 0 Å². The van der Waals surface area contributed by atoms with Gasteiger partial charge in [-0.3, -0.25) is 4.68 Å². The molecule has 0 aliphatic heterocycles. The summed E-state index contributed by atoms with van der Waals surface area (Å²) < 4.78 is 2.74. The number of halogens is 2. The second-order valence-electron chi connectivity index (χ2n) is 4.55. The molecule has 6 heteroatoms. The second kappa shape index (κ2) is 6.27. The molecule has 1 N–H and O–H groups in total. The fourth-order valence-corrected chi connectivity index (χ4v) is 3.43. The summed E-state index contributed by atoms with van der Waals surface area (Å²) in [6, 6.07) is 4.24. The first kappa shape index (κ1) is 14.9. The summed E-state index contributed by atoms with van der Waals surface area (Å²) in [5, 5.41) is 8.51. The van der Waals surface area contributed by atoms with Gasteiger partial charge in [-0.15, -0.1) is 11.3 Å². The lowest BCUT2D eigenvalue weighted by Gasteiger charge is -2.20. The Hall–Kier alpha value is -0.550. The highest BCUT2D eigenvalue weighted by molar-refractivity contribution is 7.16. The summed E-state index contributed by atoms with van der Waals surface area (Å²) in [5.41, 5.74) is 0.997. The van der Waals surface area contributed by atoms with Crippen molar-refractivity contribution in [2.24, 2.45) is 0 Å². The number of nitrogens with zero attached hydrogens (tertiary/aromatic N) is 2. The van der Waals surface area contributed by atoms with Crippen LogP contribution in [0.25, 0.3) is 0 Å². The van der Waals surface area contributed by atoms with E-state index in [1.54, 1.807) is 17.5 Å². The molecule has 0 aliphatic rings. The van der Waals surface area contributed by atoms with E-state index in [-0.39, 0.29) is 12.1 Å². The van der Waals surface area contributed by atoms with Crippen LogP contribution in [-0.4, -0.2) is 16.3 Å². The highest BCUT2D eigenvalue weighted by Gasteiger charge is 2.23. The predicted octanol–water partition coefficient (Wildman–Crippen LogP) is 4.53. The molecule has 2 heterocycles. The van der Waals surface area contributed by atoms with Gasteiger partial charge in [0.25, 0.3) is 0 Å². The number of aromatic nitrogens is 2. The summed E-state index contributed by atoms with van der Waals surface area (Å²) in [6.07, 6.45) is 1.70. The zero-order valence-corrected chi connectivity index (χ0v) is 13.5. The molecule has 19 heavy (non-hydrogen) atoms. The van der Waals surface area contributed by atoms with Gasteiger partial charge in [-0.1, -0.05) is 30.1 Å². The van der Waals surface area contributed by atoms with Gasteiger partial charge in [0.05, 0.1) is 27.3 Å². The molecule has 0 amide bonds. The molecule has 1 atom stereocenters. The third kappa shape index (κ3) is 3.14. The molecular formula is C13H17Cl2N3S. The van der Waals surface area contributed by atoms with Crippen molar-refractivity contribution in [3.8, 4) is 0 Å². The molecule has 2 rings (SSSR count). The maximum atomic E-state index is 6.32. The van der Waals surface area contributed by atoms with Crippen LogP contribution in [0.3, 0.4) is 0 Å². The zero-order chi connectivity index (χ0) is 14.0. The van der Waals surface area contributed by atoms with Crippen LogP contribution < -0.4 is 5.32 Å². The van der Waals surface area contributed by atoms with Crippen LogP contribution in [-0.2, 0) is 0 Å². The average molecular weight is 318 g/mol. The molecule has 0 bridgehead atoms. The topological polar surface area (TPSA) is 29.9 Å². The third-order valence-electron chi connectivity index (χ3n) is 2.84. The van der Waals surface area contributed by atoms with Crippen molar-refractivity contribution in [3.63, 3.8) is 0 Å². The molecule has 0 saturated heterocycles. The van der Waals surface area contributed by atoms with E-state index in [1.807, 2.05) is 16.8 Å². The summed E-state index contributed by atoms with van der Waals surface area (Å²) in [6.45, 7) is 7.11. The average Bonchev–Trinajstić information content (AvgIpc) is 2.93. The van der Waals surface area contributed by atoms with Crippen LogP contribution in [0.15, 0.2) is 18.3 Å². The molecule has 0 fully saturated rings. The maximum Gasteiger partial charge on any atom is 0.0931 e. The third-order valence-corrected chi connectivity index (χ3v) is 4.42. The fraction of sp³-hybridized carbons (Fsp3) is 0.462. The van der Waals surface area contributed by atoms with Gasteiger partial charge in [0.1, 0.15) is 0 Å². The summed E-state index contributed by atoms with van der Waals surface area (Å²) in [5.74, 6) is 0. The lowest BCUT2D eigenvalue weighted by molar-refractivity contribution is 0.478. The van der Waals surface area contributed by atoms with Gasteiger partial charge < -0.3 is 5.32 Å². The number of thiophene rings is 1. The van der Waals surface area contributed by atoms with E-state index in [4.69, 9.17) is 23.2 Å². The van der Waals surface area contributed by atoms with Gasteiger partial charge in [-0.25, -0.2) is 0 Å². The maximum absolute atomic E-state index is 6.32. The SMILES string of the molecule is CCNC(c1ccc(Cl)s1)c1c(Cl)cnn1C(C)C. The zero-order valence-electron chi connectivity index (χ0n) is 11.2. The van der Waals surface area contributed by atoms with Gasteiger partial charge >= 0.3 is 0 Å². The number of hydrogen-bond donors (Lipinski definition) is 1. The van der Waals surface area contributed by atoms with Crippen LogP contribution in [0.5, 0.6) is 0 Å². The smallest absolute Gasteiger partial charge is 0.0931 e. The molecule has 2 aromatic rings. The fourth-order valence-electron chi connectivity index (χ4n) is 2.05. The largest absolute Gasteiger partial charge is 0.305 e. The summed E-state index contributed by atoms with van der Waals surface area (Å²) in [7, 11) is 0. The van der Waals surface area contributed by atoms with Crippen LogP contribution in [0, 0.1) is 0 Å². The normalized spacial score (nSPS) is 13.2. The Bertz CT molecular complexity index is 548. The van der Waals surface area contributed by atoms with Crippen molar-refractivity contribution >= 4 is 34.5 Å². The van der Waals surface area contributed by atoms with E-state index in [0.717, 1.165) is 21.5 Å². The number of hydrogen-bond acceptors (Lipinski definition) is 3. The van der Waals surface area contributed by atoms with Crippen molar-refractivity contribution in [1.29, 1.82) is 0 Å². The number of nitrogens with one attached hydrogen (secondary N) is 1. The van der Waals surface area contributed by atoms with Crippen molar-refractivity contribution in [1.82, 2.24) is 15.1 Å². The Labute approximate surface area is 127 Å². The van der Waals surface area contributed by atoms with Crippen molar-refractivity contribution in [2.45, 2.75) is 32.9 Å². The summed E-state index contributed by atoms with van der Waals surface area (Å²) in [4.78, 5) is 1.15. The van der Waals surface area contributed by atoms with Gasteiger partial charge in [0, 0.05) is 10.9 Å². The Balaban J connectivity index is 2.47. The van der Waals surface area contributed by atoms with E-state index in [0.29, 0.717) is 5.02 Å².